The summed E-state index contributed by atoms with van der Waals surface area (Å²) in [5.74, 6) is 0.394. The molecule has 0 aromatic heterocycles. The Morgan fingerprint density at radius 3 is 2.39 bits per heavy atom. The average molecular weight is 465 g/mol. The van der Waals surface area contributed by atoms with Crippen molar-refractivity contribution >= 4 is 27.3 Å². The molecule has 0 spiro atoms. The van der Waals surface area contributed by atoms with Crippen molar-refractivity contribution in [3.8, 4) is 16.9 Å². The molecule has 8 heteroatoms. The van der Waals surface area contributed by atoms with E-state index in [1.165, 1.54) is 31.2 Å². The van der Waals surface area contributed by atoms with Gasteiger partial charge in [-0.15, -0.1) is 0 Å². The summed E-state index contributed by atoms with van der Waals surface area (Å²) in [6.45, 7) is 2.60. The van der Waals surface area contributed by atoms with E-state index in [0.717, 1.165) is 28.7 Å². The molecule has 1 aliphatic rings. The van der Waals surface area contributed by atoms with E-state index in [1.807, 2.05) is 42.5 Å². The van der Waals surface area contributed by atoms with Crippen molar-refractivity contribution in [2.24, 2.45) is 0 Å². The van der Waals surface area contributed by atoms with Crippen LogP contribution in [0.3, 0.4) is 0 Å². The fourth-order valence-electron chi connectivity index (χ4n) is 3.75. The summed E-state index contributed by atoms with van der Waals surface area (Å²) in [6, 6.07) is 19.4. The highest BCUT2D eigenvalue weighted by Gasteiger charge is 2.22. The lowest BCUT2D eigenvalue weighted by Crippen LogP contribution is -2.32. The summed E-state index contributed by atoms with van der Waals surface area (Å²) in [4.78, 5) is 26.4. The van der Waals surface area contributed by atoms with Crippen LogP contribution in [0.5, 0.6) is 5.75 Å². The zero-order chi connectivity index (χ0) is 23.6. The summed E-state index contributed by atoms with van der Waals surface area (Å²) in [6.07, 6.45) is 1.14. The van der Waals surface area contributed by atoms with Crippen LogP contribution in [0.25, 0.3) is 11.1 Å². The van der Waals surface area contributed by atoms with Gasteiger partial charge in [0.25, 0.3) is 5.91 Å². The molecule has 33 heavy (non-hydrogen) atoms. The van der Waals surface area contributed by atoms with Gasteiger partial charge in [0.2, 0.25) is 5.91 Å². The maximum Gasteiger partial charge on any atom is 0.254 e. The van der Waals surface area contributed by atoms with Gasteiger partial charge in [0.15, 0.2) is 9.84 Å². The van der Waals surface area contributed by atoms with Gasteiger partial charge in [-0.2, -0.15) is 0 Å². The second kappa shape index (κ2) is 9.07. The maximum atomic E-state index is 13.1. The molecule has 3 aromatic rings. The monoisotopic (exact) mass is 464 g/mol. The number of hydrogen-bond acceptors (Lipinski definition) is 5. The van der Waals surface area contributed by atoms with Crippen LogP contribution in [0.15, 0.2) is 71.6 Å². The normalized spacial score (nSPS) is 13.5. The Bertz CT molecular complexity index is 1320. The first kappa shape index (κ1) is 22.5. The van der Waals surface area contributed by atoms with Crippen LogP contribution in [0.4, 0.5) is 5.69 Å². The number of carbonyl (C=O) groups excluding carboxylic acids is 2. The molecular weight excluding hydrogens is 440 g/mol. The molecule has 0 radical (unpaired) electrons. The van der Waals surface area contributed by atoms with Crippen molar-refractivity contribution in [2.45, 2.75) is 18.4 Å². The summed E-state index contributed by atoms with van der Waals surface area (Å²) in [5.41, 5.74) is 3.88. The number of benzene rings is 3. The summed E-state index contributed by atoms with van der Waals surface area (Å²) < 4.78 is 29.2. The molecule has 2 amide bonds. The van der Waals surface area contributed by atoms with E-state index >= 15 is 0 Å². The second-order valence-corrected chi connectivity index (χ2v) is 9.97. The standard InChI is InChI=1S/C25H24N2O5S/c1-17(28)26-22-5-3-4-19(15-22)20-8-11-24-21(14-20)16-27(12-13-32-24)25(29)18-6-9-23(10-7-18)33(2,30)31/h3-11,14-15H,12-13,16H2,1-2H3,(H,26,28). The number of ether oxygens (including phenoxy) is 1. The predicted molar refractivity (Wildman–Crippen MR) is 126 cm³/mol. The van der Waals surface area contributed by atoms with E-state index in [0.29, 0.717) is 30.9 Å². The van der Waals surface area contributed by atoms with Gasteiger partial charge in [-0.3, -0.25) is 9.59 Å². The Kier molecular flexibility index (Phi) is 6.20. The number of carbonyl (C=O) groups is 2. The molecule has 4 rings (SSSR count). The minimum absolute atomic E-state index is 0.138. The smallest absolute Gasteiger partial charge is 0.254 e. The van der Waals surface area contributed by atoms with Crippen LogP contribution in [0.2, 0.25) is 0 Å². The molecule has 0 bridgehead atoms. The highest BCUT2D eigenvalue weighted by Crippen LogP contribution is 2.31. The molecule has 1 N–H and O–H groups in total. The fraction of sp³-hybridized carbons (Fsp3) is 0.200. The summed E-state index contributed by atoms with van der Waals surface area (Å²) >= 11 is 0. The number of hydrogen-bond donors (Lipinski definition) is 1. The van der Waals surface area contributed by atoms with Gasteiger partial charge in [0.1, 0.15) is 12.4 Å². The number of nitrogens with zero attached hydrogens (tertiary/aromatic N) is 1. The molecule has 0 saturated heterocycles. The Hall–Kier alpha value is -3.65. The predicted octanol–water partition coefficient (Wildman–Crippen LogP) is 3.75. The van der Waals surface area contributed by atoms with Crippen LogP contribution in [0, 0.1) is 0 Å². The summed E-state index contributed by atoms with van der Waals surface area (Å²) in [7, 11) is -3.33. The van der Waals surface area contributed by atoms with Gasteiger partial charge in [-0.1, -0.05) is 18.2 Å². The lowest BCUT2D eigenvalue weighted by atomic mass is 10.0. The molecule has 7 nitrogen and oxygen atoms in total. The molecule has 170 valence electrons. The molecule has 1 heterocycles. The fourth-order valence-corrected chi connectivity index (χ4v) is 4.38. The number of rotatable bonds is 4. The number of fused-ring (bicyclic) bond motifs is 1. The quantitative estimate of drug-likeness (QED) is 0.635. The van der Waals surface area contributed by atoms with E-state index in [9.17, 15) is 18.0 Å². The van der Waals surface area contributed by atoms with Gasteiger partial charge < -0.3 is 15.0 Å². The third-order valence-electron chi connectivity index (χ3n) is 5.37. The van der Waals surface area contributed by atoms with Gasteiger partial charge in [0.05, 0.1) is 11.4 Å². The molecule has 0 saturated carbocycles. The van der Waals surface area contributed by atoms with E-state index in [2.05, 4.69) is 5.32 Å². The van der Waals surface area contributed by atoms with Gasteiger partial charge in [0, 0.05) is 36.5 Å². The van der Waals surface area contributed by atoms with E-state index < -0.39 is 9.84 Å². The largest absolute Gasteiger partial charge is 0.491 e. The SMILES string of the molecule is CC(=O)Nc1cccc(-c2ccc3c(c2)CN(C(=O)c2ccc(S(C)(=O)=O)cc2)CCO3)c1. The maximum absolute atomic E-state index is 13.1. The third-order valence-corrected chi connectivity index (χ3v) is 6.50. The van der Waals surface area contributed by atoms with Crippen LogP contribution in [-0.2, 0) is 21.2 Å². The Balaban J connectivity index is 1.59. The first-order valence-corrected chi connectivity index (χ1v) is 12.3. The first-order valence-electron chi connectivity index (χ1n) is 10.4. The highest BCUT2D eigenvalue weighted by molar-refractivity contribution is 7.90. The molecular formula is C25H24N2O5S. The van der Waals surface area contributed by atoms with Crippen LogP contribution in [-0.4, -0.2) is 44.5 Å². The average Bonchev–Trinajstić information content (AvgIpc) is 3.00. The number of amides is 2. The molecule has 0 atom stereocenters. The van der Waals surface area contributed by atoms with Crippen LogP contribution < -0.4 is 10.1 Å². The van der Waals surface area contributed by atoms with Gasteiger partial charge >= 0.3 is 0 Å². The molecule has 1 aliphatic heterocycles. The third kappa shape index (κ3) is 5.23. The number of sulfone groups is 1. The summed E-state index contributed by atoms with van der Waals surface area (Å²) in [5, 5.41) is 2.79. The number of nitrogens with one attached hydrogen (secondary N) is 1. The van der Waals surface area contributed by atoms with E-state index in [-0.39, 0.29) is 16.7 Å². The zero-order valence-electron chi connectivity index (χ0n) is 18.4. The first-order chi connectivity index (χ1) is 15.7. The lowest BCUT2D eigenvalue weighted by molar-refractivity contribution is -0.114. The zero-order valence-corrected chi connectivity index (χ0v) is 19.2. The highest BCUT2D eigenvalue weighted by atomic mass is 32.2. The Morgan fingerprint density at radius 2 is 1.70 bits per heavy atom. The van der Waals surface area contributed by atoms with Crippen LogP contribution >= 0.6 is 0 Å². The minimum atomic E-state index is -3.33. The van der Waals surface area contributed by atoms with Gasteiger partial charge in [-0.25, -0.2) is 8.42 Å². The van der Waals surface area contributed by atoms with Crippen molar-refractivity contribution < 1.29 is 22.7 Å². The second-order valence-electron chi connectivity index (χ2n) is 7.96. The molecule has 0 aliphatic carbocycles. The Labute approximate surface area is 192 Å². The lowest BCUT2D eigenvalue weighted by Gasteiger charge is -2.20. The van der Waals surface area contributed by atoms with Crippen molar-refractivity contribution in [2.75, 3.05) is 24.7 Å². The Morgan fingerprint density at radius 1 is 0.970 bits per heavy atom. The van der Waals surface area contributed by atoms with Crippen molar-refractivity contribution in [3.05, 3.63) is 77.9 Å². The van der Waals surface area contributed by atoms with Crippen molar-refractivity contribution in [1.29, 1.82) is 0 Å². The van der Waals surface area contributed by atoms with Crippen molar-refractivity contribution in [1.82, 2.24) is 4.90 Å². The van der Waals surface area contributed by atoms with E-state index in [1.54, 1.807) is 4.90 Å². The van der Waals surface area contributed by atoms with Crippen molar-refractivity contribution in [3.63, 3.8) is 0 Å². The van der Waals surface area contributed by atoms with Crippen LogP contribution in [0.1, 0.15) is 22.8 Å². The number of anilines is 1. The molecule has 0 unspecified atom stereocenters. The van der Waals surface area contributed by atoms with E-state index in [4.69, 9.17) is 4.74 Å². The molecule has 3 aromatic carbocycles. The topological polar surface area (TPSA) is 92.8 Å². The molecule has 0 fully saturated rings. The minimum Gasteiger partial charge on any atom is -0.491 e. The van der Waals surface area contributed by atoms with Gasteiger partial charge in [-0.05, 0) is 59.7 Å².